The number of aromatic nitrogens is 2. The molecule has 1 amide bonds. The molecule has 0 unspecified atom stereocenters. The van der Waals surface area contributed by atoms with Crippen LogP contribution in [0.25, 0.3) is 11.0 Å². The number of fused-ring (bicyclic) bond motifs is 1. The van der Waals surface area contributed by atoms with E-state index in [1.165, 1.54) is 30.2 Å². The Labute approximate surface area is 149 Å². The Bertz CT molecular complexity index is 786. The SMILES string of the molecule is Cn1cc(CCNC(=O)C23CC4CC(CC(C4)C2)C3)c2cccnc21. The van der Waals surface area contributed by atoms with Crippen molar-refractivity contribution >= 4 is 16.9 Å². The fourth-order valence-electron chi connectivity index (χ4n) is 6.38. The summed E-state index contributed by atoms with van der Waals surface area (Å²) < 4.78 is 2.07. The van der Waals surface area contributed by atoms with Crippen molar-refractivity contribution in [3.05, 3.63) is 30.1 Å². The molecule has 25 heavy (non-hydrogen) atoms. The smallest absolute Gasteiger partial charge is 0.226 e. The molecule has 4 nitrogen and oxygen atoms in total. The molecule has 4 heteroatoms. The largest absolute Gasteiger partial charge is 0.355 e. The van der Waals surface area contributed by atoms with Crippen molar-refractivity contribution in [1.29, 1.82) is 0 Å². The summed E-state index contributed by atoms with van der Waals surface area (Å²) in [5, 5.41) is 4.50. The Morgan fingerprint density at radius 1 is 1.24 bits per heavy atom. The fraction of sp³-hybridized carbons (Fsp3) is 0.619. The van der Waals surface area contributed by atoms with E-state index in [9.17, 15) is 4.79 Å². The van der Waals surface area contributed by atoms with Crippen LogP contribution in [0.2, 0.25) is 0 Å². The number of hydrogen-bond acceptors (Lipinski definition) is 2. The molecule has 0 saturated heterocycles. The number of rotatable bonds is 4. The molecule has 2 aromatic rings. The highest BCUT2D eigenvalue weighted by molar-refractivity contribution is 5.83. The maximum atomic E-state index is 13.0. The van der Waals surface area contributed by atoms with Gasteiger partial charge in [-0.2, -0.15) is 0 Å². The molecule has 4 aliphatic carbocycles. The first kappa shape index (κ1) is 15.4. The minimum Gasteiger partial charge on any atom is -0.355 e. The van der Waals surface area contributed by atoms with E-state index in [1.54, 1.807) is 0 Å². The molecular weight excluding hydrogens is 310 g/mol. The molecule has 2 aromatic heterocycles. The minimum atomic E-state index is -0.0327. The first-order valence-corrected chi connectivity index (χ1v) is 9.80. The number of carbonyl (C=O) groups excluding carboxylic acids is 1. The van der Waals surface area contributed by atoms with E-state index in [1.807, 2.05) is 19.3 Å². The van der Waals surface area contributed by atoms with Crippen LogP contribution in [0.4, 0.5) is 0 Å². The van der Waals surface area contributed by atoms with Gasteiger partial charge in [-0.25, -0.2) is 4.98 Å². The van der Waals surface area contributed by atoms with Crippen molar-refractivity contribution in [1.82, 2.24) is 14.9 Å². The fourth-order valence-corrected chi connectivity index (χ4v) is 6.38. The van der Waals surface area contributed by atoms with Crippen molar-refractivity contribution < 1.29 is 4.79 Å². The van der Waals surface area contributed by atoms with Crippen LogP contribution in [-0.2, 0) is 18.3 Å². The van der Waals surface area contributed by atoms with Gasteiger partial charge in [0.2, 0.25) is 5.91 Å². The summed E-state index contributed by atoms with van der Waals surface area (Å²) in [6.07, 6.45) is 12.4. The molecule has 4 aliphatic rings. The van der Waals surface area contributed by atoms with Crippen molar-refractivity contribution in [2.75, 3.05) is 6.54 Å². The van der Waals surface area contributed by atoms with Gasteiger partial charge in [0.25, 0.3) is 0 Å². The number of aryl methyl sites for hydroxylation is 1. The first-order chi connectivity index (χ1) is 12.1. The second-order valence-electron chi connectivity index (χ2n) is 8.84. The number of amides is 1. The van der Waals surface area contributed by atoms with Crippen LogP contribution in [0.15, 0.2) is 24.5 Å². The molecule has 0 atom stereocenters. The van der Waals surface area contributed by atoms with Gasteiger partial charge < -0.3 is 9.88 Å². The average Bonchev–Trinajstić information content (AvgIpc) is 2.90. The lowest BCUT2D eigenvalue weighted by molar-refractivity contribution is -0.146. The molecule has 0 radical (unpaired) electrons. The molecule has 4 saturated carbocycles. The van der Waals surface area contributed by atoms with E-state index in [0.717, 1.165) is 55.6 Å². The van der Waals surface area contributed by atoms with Gasteiger partial charge >= 0.3 is 0 Å². The van der Waals surface area contributed by atoms with Crippen molar-refractivity contribution in [3.8, 4) is 0 Å². The van der Waals surface area contributed by atoms with E-state index in [-0.39, 0.29) is 5.41 Å². The predicted molar refractivity (Wildman–Crippen MR) is 98.0 cm³/mol. The monoisotopic (exact) mass is 337 g/mol. The zero-order valence-electron chi connectivity index (χ0n) is 15.0. The lowest BCUT2D eigenvalue weighted by Gasteiger charge is -2.55. The van der Waals surface area contributed by atoms with Crippen molar-refractivity contribution in [2.24, 2.45) is 30.2 Å². The summed E-state index contributed by atoms with van der Waals surface area (Å²) in [5.41, 5.74) is 2.26. The summed E-state index contributed by atoms with van der Waals surface area (Å²) in [4.78, 5) is 17.5. The van der Waals surface area contributed by atoms with Gasteiger partial charge in [-0.3, -0.25) is 4.79 Å². The predicted octanol–water partition coefficient (Wildman–Crippen LogP) is 3.45. The molecule has 6 rings (SSSR count). The van der Waals surface area contributed by atoms with Crippen LogP contribution in [-0.4, -0.2) is 22.0 Å². The number of nitrogens with zero attached hydrogens (tertiary/aromatic N) is 2. The molecule has 132 valence electrons. The van der Waals surface area contributed by atoms with Gasteiger partial charge in [-0.1, -0.05) is 0 Å². The van der Waals surface area contributed by atoms with Crippen LogP contribution in [0, 0.1) is 23.2 Å². The molecular formula is C21H27N3O. The van der Waals surface area contributed by atoms with E-state index in [2.05, 4.69) is 27.1 Å². The van der Waals surface area contributed by atoms with Gasteiger partial charge in [0, 0.05) is 36.8 Å². The lowest BCUT2D eigenvalue weighted by Crippen LogP contribution is -2.53. The quantitative estimate of drug-likeness (QED) is 0.929. The van der Waals surface area contributed by atoms with Crippen LogP contribution in [0.3, 0.4) is 0 Å². The van der Waals surface area contributed by atoms with Gasteiger partial charge in [-0.05, 0) is 80.4 Å². The maximum Gasteiger partial charge on any atom is 0.226 e. The molecule has 0 spiro atoms. The molecule has 4 fully saturated rings. The second kappa shape index (κ2) is 5.58. The molecule has 4 bridgehead atoms. The van der Waals surface area contributed by atoms with Crippen molar-refractivity contribution in [3.63, 3.8) is 0 Å². The summed E-state index contributed by atoms with van der Waals surface area (Å²) in [5.74, 6) is 2.80. The summed E-state index contributed by atoms with van der Waals surface area (Å²) in [7, 11) is 2.03. The zero-order valence-corrected chi connectivity index (χ0v) is 15.0. The number of hydrogen-bond donors (Lipinski definition) is 1. The zero-order chi connectivity index (χ0) is 17.0. The van der Waals surface area contributed by atoms with Crippen LogP contribution < -0.4 is 5.32 Å². The Balaban J connectivity index is 1.26. The Kier molecular flexibility index (Phi) is 3.44. The average molecular weight is 337 g/mol. The Morgan fingerprint density at radius 2 is 1.92 bits per heavy atom. The summed E-state index contributed by atoms with van der Waals surface area (Å²) >= 11 is 0. The number of nitrogens with one attached hydrogen (secondary N) is 1. The number of carbonyl (C=O) groups is 1. The third-order valence-corrected chi connectivity index (χ3v) is 7.02. The Morgan fingerprint density at radius 3 is 2.60 bits per heavy atom. The Hall–Kier alpha value is -1.84. The molecule has 1 N–H and O–H groups in total. The topological polar surface area (TPSA) is 46.9 Å². The summed E-state index contributed by atoms with van der Waals surface area (Å²) in [6, 6.07) is 4.11. The third-order valence-electron chi connectivity index (χ3n) is 7.02. The highest BCUT2D eigenvalue weighted by Gasteiger charge is 2.54. The third kappa shape index (κ3) is 2.49. The maximum absolute atomic E-state index is 13.0. The van der Waals surface area contributed by atoms with E-state index < -0.39 is 0 Å². The second-order valence-corrected chi connectivity index (χ2v) is 8.84. The van der Waals surface area contributed by atoms with Crippen LogP contribution in [0.5, 0.6) is 0 Å². The standard InChI is InChI=1S/C21H27N3O/c1-24-13-17(18-3-2-5-22-19(18)24)4-6-23-20(25)21-10-14-7-15(11-21)9-16(8-14)12-21/h2-3,5,13-16H,4,6-12H2,1H3,(H,23,25). The van der Waals surface area contributed by atoms with Crippen molar-refractivity contribution in [2.45, 2.75) is 44.9 Å². The van der Waals surface area contributed by atoms with Gasteiger partial charge in [0.15, 0.2) is 0 Å². The van der Waals surface area contributed by atoms with Crippen LogP contribution >= 0.6 is 0 Å². The first-order valence-electron chi connectivity index (χ1n) is 9.80. The highest BCUT2D eigenvalue weighted by atomic mass is 16.2. The van der Waals surface area contributed by atoms with Crippen LogP contribution in [0.1, 0.15) is 44.1 Å². The lowest BCUT2D eigenvalue weighted by atomic mass is 9.49. The van der Waals surface area contributed by atoms with E-state index >= 15 is 0 Å². The normalized spacial score (nSPS) is 33.1. The molecule has 0 aromatic carbocycles. The minimum absolute atomic E-state index is 0.0327. The van der Waals surface area contributed by atoms with Gasteiger partial charge in [-0.15, -0.1) is 0 Å². The number of pyridine rings is 1. The molecule has 2 heterocycles. The van der Waals surface area contributed by atoms with Gasteiger partial charge in [0.05, 0.1) is 0 Å². The van der Waals surface area contributed by atoms with Gasteiger partial charge in [0.1, 0.15) is 5.65 Å². The highest BCUT2D eigenvalue weighted by Crippen LogP contribution is 2.60. The summed E-state index contributed by atoms with van der Waals surface area (Å²) in [6.45, 7) is 0.731. The van der Waals surface area contributed by atoms with E-state index in [4.69, 9.17) is 0 Å². The van der Waals surface area contributed by atoms with E-state index in [0.29, 0.717) is 5.91 Å². The molecule has 0 aliphatic heterocycles.